The van der Waals surface area contributed by atoms with Gasteiger partial charge in [-0.25, -0.2) is 4.99 Å². The van der Waals surface area contributed by atoms with Crippen molar-refractivity contribution in [3.8, 4) is 11.5 Å². The lowest BCUT2D eigenvalue weighted by Gasteiger charge is -2.21. The smallest absolute Gasteiger partial charge is 0.228 e. The summed E-state index contributed by atoms with van der Waals surface area (Å²) in [5.74, 6) is 2.58. The monoisotopic (exact) mass is 339 g/mol. The maximum absolute atomic E-state index is 5.91. The predicted molar refractivity (Wildman–Crippen MR) is 96.6 cm³/mol. The van der Waals surface area contributed by atoms with Crippen molar-refractivity contribution in [2.24, 2.45) is 4.99 Å². The highest BCUT2D eigenvalue weighted by molar-refractivity contribution is 7.98. The number of rotatable bonds is 2. The Kier molecular flexibility index (Phi) is 3.94. The summed E-state index contributed by atoms with van der Waals surface area (Å²) in [5.41, 5.74) is 2.59. The standard InChI is InChI=1S/C19H17NO3S/c1-12-14-10-16-17(22-9-5-8-21-16)11-15(14)20-19(23-12)13-6-3-4-7-18(13)24-2/h3-4,6-7,10-11H,1,5,8-9H2,2H3. The van der Waals surface area contributed by atoms with Crippen molar-refractivity contribution in [3.05, 3.63) is 54.1 Å². The molecule has 0 saturated carbocycles. The second kappa shape index (κ2) is 6.24. The third-order valence-corrected chi connectivity index (χ3v) is 4.74. The minimum atomic E-state index is 0.562. The van der Waals surface area contributed by atoms with E-state index in [1.807, 2.05) is 36.6 Å². The average molecular weight is 339 g/mol. The van der Waals surface area contributed by atoms with Crippen LogP contribution in [0.4, 0.5) is 5.69 Å². The zero-order valence-corrected chi connectivity index (χ0v) is 14.2. The molecule has 0 bridgehead atoms. The zero-order valence-electron chi connectivity index (χ0n) is 13.4. The summed E-state index contributed by atoms with van der Waals surface area (Å²) in [4.78, 5) is 5.81. The molecule has 0 aromatic heterocycles. The summed E-state index contributed by atoms with van der Waals surface area (Å²) in [6.45, 7) is 5.35. The number of nitrogens with zero attached hydrogens (tertiary/aromatic N) is 1. The van der Waals surface area contributed by atoms with Crippen molar-refractivity contribution in [2.75, 3.05) is 19.5 Å². The van der Waals surface area contributed by atoms with E-state index in [2.05, 4.69) is 12.6 Å². The molecule has 5 heteroatoms. The molecule has 24 heavy (non-hydrogen) atoms. The highest BCUT2D eigenvalue weighted by atomic mass is 32.2. The van der Waals surface area contributed by atoms with E-state index in [0.29, 0.717) is 24.9 Å². The zero-order chi connectivity index (χ0) is 16.5. The highest BCUT2D eigenvalue weighted by Crippen LogP contribution is 2.42. The van der Waals surface area contributed by atoms with Gasteiger partial charge in [0.1, 0.15) is 5.76 Å². The topological polar surface area (TPSA) is 40.0 Å². The van der Waals surface area contributed by atoms with Crippen molar-refractivity contribution in [2.45, 2.75) is 11.3 Å². The molecule has 2 aromatic carbocycles. The molecule has 0 aliphatic carbocycles. The first-order valence-corrected chi connectivity index (χ1v) is 9.01. The van der Waals surface area contributed by atoms with Gasteiger partial charge in [0.15, 0.2) is 11.5 Å². The SMILES string of the molecule is C=C1OC(c2ccccc2SC)=Nc2cc3c(cc21)OCCCO3. The van der Waals surface area contributed by atoms with Crippen LogP contribution in [0.5, 0.6) is 11.5 Å². The number of fused-ring (bicyclic) bond motifs is 2. The van der Waals surface area contributed by atoms with Gasteiger partial charge < -0.3 is 14.2 Å². The largest absolute Gasteiger partial charge is 0.490 e. The number of hydrogen-bond acceptors (Lipinski definition) is 5. The first-order chi connectivity index (χ1) is 11.8. The van der Waals surface area contributed by atoms with Crippen LogP contribution in [0.15, 0.2) is 52.9 Å². The molecule has 0 unspecified atom stereocenters. The van der Waals surface area contributed by atoms with E-state index >= 15 is 0 Å². The van der Waals surface area contributed by atoms with Crippen molar-refractivity contribution >= 4 is 29.1 Å². The quantitative estimate of drug-likeness (QED) is 0.747. The van der Waals surface area contributed by atoms with E-state index in [9.17, 15) is 0 Å². The lowest BCUT2D eigenvalue weighted by atomic mass is 10.1. The third-order valence-electron chi connectivity index (χ3n) is 3.95. The Morgan fingerprint density at radius 1 is 1.04 bits per heavy atom. The molecule has 4 rings (SSSR count). The Bertz CT molecular complexity index is 845. The van der Waals surface area contributed by atoms with Crippen LogP contribution in [0, 0.1) is 0 Å². The Hall–Kier alpha value is -2.40. The highest BCUT2D eigenvalue weighted by Gasteiger charge is 2.23. The maximum atomic E-state index is 5.91. The molecule has 0 amide bonds. The second-order valence-corrected chi connectivity index (χ2v) is 6.36. The van der Waals surface area contributed by atoms with E-state index < -0.39 is 0 Å². The van der Waals surface area contributed by atoms with Crippen molar-refractivity contribution in [1.82, 2.24) is 0 Å². The van der Waals surface area contributed by atoms with E-state index in [0.717, 1.165) is 39.6 Å². The molecule has 122 valence electrons. The third kappa shape index (κ3) is 2.65. The second-order valence-electron chi connectivity index (χ2n) is 5.51. The predicted octanol–water partition coefficient (Wildman–Crippen LogP) is 4.65. The number of ether oxygens (including phenoxy) is 3. The molecule has 0 atom stereocenters. The lowest BCUT2D eigenvalue weighted by Crippen LogP contribution is -2.11. The van der Waals surface area contributed by atoms with Gasteiger partial charge in [-0.3, -0.25) is 0 Å². The molecule has 0 radical (unpaired) electrons. The first kappa shape index (κ1) is 15.1. The van der Waals surface area contributed by atoms with Gasteiger partial charge in [0.25, 0.3) is 0 Å². The number of aliphatic imine (C=N–C) groups is 1. The van der Waals surface area contributed by atoms with Crippen LogP contribution in [0.25, 0.3) is 5.76 Å². The van der Waals surface area contributed by atoms with Gasteiger partial charge in [0, 0.05) is 22.9 Å². The van der Waals surface area contributed by atoms with Gasteiger partial charge in [-0.05, 0) is 24.5 Å². The number of benzene rings is 2. The van der Waals surface area contributed by atoms with Gasteiger partial charge >= 0.3 is 0 Å². The van der Waals surface area contributed by atoms with Crippen LogP contribution in [0.1, 0.15) is 17.5 Å². The first-order valence-electron chi connectivity index (χ1n) is 7.79. The fraction of sp³-hybridized carbons (Fsp3) is 0.211. The molecule has 2 heterocycles. The summed E-state index contributed by atoms with van der Waals surface area (Å²) in [7, 11) is 0. The summed E-state index contributed by atoms with van der Waals surface area (Å²) in [5, 5.41) is 0. The minimum Gasteiger partial charge on any atom is -0.490 e. The summed E-state index contributed by atoms with van der Waals surface area (Å²) >= 11 is 1.66. The average Bonchev–Trinajstić information content (AvgIpc) is 2.85. The number of thioether (sulfide) groups is 1. The molecule has 2 aromatic rings. The van der Waals surface area contributed by atoms with E-state index in [1.54, 1.807) is 11.8 Å². The Morgan fingerprint density at radius 2 is 1.79 bits per heavy atom. The van der Waals surface area contributed by atoms with Gasteiger partial charge in [-0.1, -0.05) is 18.7 Å². The van der Waals surface area contributed by atoms with Crippen LogP contribution in [-0.4, -0.2) is 25.4 Å². The maximum Gasteiger partial charge on any atom is 0.228 e. The molecule has 0 spiro atoms. The summed E-state index contributed by atoms with van der Waals surface area (Å²) in [6, 6.07) is 11.9. The normalized spacial score (nSPS) is 15.9. The molecule has 0 N–H and O–H groups in total. The van der Waals surface area contributed by atoms with Crippen LogP contribution >= 0.6 is 11.8 Å². The Labute approximate surface area is 145 Å². The molecular formula is C19H17NO3S. The fourth-order valence-corrected chi connectivity index (χ4v) is 3.34. The van der Waals surface area contributed by atoms with E-state index in [4.69, 9.17) is 19.2 Å². The van der Waals surface area contributed by atoms with Crippen molar-refractivity contribution in [3.63, 3.8) is 0 Å². The van der Waals surface area contributed by atoms with E-state index in [-0.39, 0.29) is 0 Å². The van der Waals surface area contributed by atoms with Crippen LogP contribution in [0.3, 0.4) is 0 Å². The van der Waals surface area contributed by atoms with E-state index in [1.165, 1.54) is 0 Å². The molecule has 4 nitrogen and oxygen atoms in total. The summed E-state index contributed by atoms with van der Waals surface area (Å²) in [6.07, 6.45) is 2.91. The molecule has 2 aliphatic heterocycles. The fourth-order valence-electron chi connectivity index (χ4n) is 2.75. The minimum absolute atomic E-state index is 0.562. The van der Waals surface area contributed by atoms with Crippen molar-refractivity contribution in [1.29, 1.82) is 0 Å². The number of hydrogen-bond donors (Lipinski definition) is 0. The Morgan fingerprint density at radius 3 is 2.58 bits per heavy atom. The van der Waals surface area contributed by atoms with Crippen LogP contribution < -0.4 is 9.47 Å². The molecule has 0 saturated heterocycles. The molecule has 2 aliphatic rings. The van der Waals surface area contributed by atoms with Gasteiger partial charge in [-0.2, -0.15) is 0 Å². The van der Waals surface area contributed by atoms with Crippen molar-refractivity contribution < 1.29 is 14.2 Å². The van der Waals surface area contributed by atoms with Gasteiger partial charge in [0.05, 0.1) is 24.5 Å². The Balaban J connectivity index is 1.82. The lowest BCUT2D eigenvalue weighted by molar-refractivity contribution is 0.297. The van der Waals surface area contributed by atoms with Crippen LogP contribution in [0.2, 0.25) is 0 Å². The van der Waals surface area contributed by atoms with Crippen LogP contribution in [-0.2, 0) is 4.74 Å². The molecule has 0 fully saturated rings. The molecular weight excluding hydrogens is 322 g/mol. The summed E-state index contributed by atoms with van der Waals surface area (Å²) < 4.78 is 17.4. The van der Waals surface area contributed by atoms with Gasteiger partial charge in [0.2, 0.25) is 5.90 Å². The van der Waals surface area contributed by atoms with Gasteiger partial charge in [-0.15, -0.1) is 11.8 Å².